The van der Waals surface area contributed by atoms with Crippen molar-refractivity contribution in [2.45, 2.75) is 51.4 Å². The van der Waals surface area contributed by atoms with E-state index in [4.69, 9.17) is 0 Å². The maximum absolute atomic E-state index is 13.1. The first kappa shape index (κ1) is 17.7. The van der Waals surface area contributed by atoms with Crippen molar-refractivity contribution in [3.8, 4) is 0 Å². The molecule has 0 fully saturated rings. The SMILES string of the molecule is CCc1ccc(C2CC(=O)C3=C(C2)NC(=O)CC3c2ccccc2C)cc1. The van der Waals surface area contributed by atoms with Crippen molar-refractivity contribution in [1.29, 1.82) is 0 Å². The Bertz CT molecular complexity index is 924. The molecular formula is C24H25NO2. The molecule has 2 aromatic rings. The van der Waals surface area contributed by atoms with E-state index in [1.807, 2.05) is 31.2 Å². The van der Waals surface area contributed by atoms with Crippen molar-refractivity contribution >= 4 is 11.7 Å². The Labute approximate surface area is 160 Å². The minimum Gasteiger partial charge on any atom is -0.329 e. The number of hydrogen-bond donors (Lipinski definition) is 1. The second-order valence-corrected chi connectivity index (χ2v) is 7.68. The number of allylic oxidation sites excluding steroid dienone is 2. The van der Waals surface area contributed by atoms with Gasteiger partial charge in [0.15, 0.2) is 5.78 Å². The third-order valence-corrected chi connectivity index (χ3v) is 5.96. The minimum atomic E-state index is -0.120. The molecular weight excluding hydrogens is 334 g/mol. The van der Waals surface area contributed by atoms with Gasteiger partial charge in [-0.3, -0.25) is 9.59 Å². The molecule has 0 saturated carbocycles. The lowest BCUT2D eigenvalue weighted by molar-refractivity contribution is -0.122. The zero-order valence-corrected chi connectivity index (χ0v) is 15.9. The Morgan fingerprint density at radius 3 is 2.41 bits per heavy atom. The summed E-state index contributed by atoms with van der Waals surface area (Å²) in [5, 5.41) is 3.01. The summed E-state index contributed by atoms with van der Waals surface area (Å²) in [5.74, 6) is 0.204. The topological polar surface area (TPSA) is 46.2 Å². The molecule has 1 heterocycles. The van der Waals surface area contributed by atoms with Gasteiger partial charge in [0.1, 0.15) is 0 Å². The van der Waals surface area contributed by atoms with Crippen LogP contribution in [0.3, 0.4) is 0 Å². The quantitative estimate of drug-likeness (QED) is 0.873. The molecule has 1 aliphatic carbocycles. The van der Waals surface area contributed by atoms with Gasteiger partial charge in [-0.1, -0.05) is 55.5 Å². The van der Waals surface area contributed by atoms with Gasteiger partial charge in [-0.2, -0.15) is 0 Å². The number of benzene rings is 2. The number of aryl methyl sites for hydroxylation is 2. The summed E-state index contributed by atoms with van der Waals surface area (Å²) in [4.78, 5) is 25.5. The van der Waals surface area contributed by atoms with E-state index in [0.29, 0.717) is 12.8 Å². The normalized spacial score (nSPS) is 22.4. The lowest BCUT2D eigenvalue weighted by Gasteiger charge is -2.35. The van der Waals surface area contributed by atoms with Gasteiger partial charge in [0.2, 0.25) is 5.91 Å². The van der Waals surface area contributed by atoms with Gasteiger partial charge in [-0.15, -0.1) is 0 Å². The number of carbonyl (C=O) groups excluding carboxylic acids is 2. The number of carbonyl (C=O) groups is 2. The maximum atomic E-state index is 13.1. The van der Waals surface area contributed by atoms with Crippen molar-refractivity contribution in [3.05, 3.63) is 82.1 Å². The van der Waals surface area contributed by atoms with Crippen molar-refractivity contribution < 1.29 is 9.59 Å². The predicted octanol–water partition coefficient (Wildman–Crippen LogP) is 4.56. The van der Waals surface area contributed by atoms with Gasteiger partial charge in [0.25, 0.3) is 0 Å². The molecule has 0 saturated heterocycles. The van der Waals surface area contributed by atoms with E-state index in [1.54, 1.807) is 0 Å². The molecule has 0 radical (unpaired) electrons. The highest BCUT2D eigenvalue weighted by Crippen LogP contribution is 2.43. The van der Waals surface area contributed by atoms with E-state index in [2.05, 4.69) is 36.5 Å². The van der Waals surface area contributed by atoms with Gasteiger partial charge in [0.05, 0.1) is 0 Å². The summed E-state index contributed by atoms with van der Waals surface area (Å²) >= 11 is 0. The first-order valence-corrected chi connectivity index (χ1v) is 9.77. The molecule has 3 heteroatoms. The van der Waals surface area contributed by atoms with Crippen molar-refractivity contribution in [2.75, 3.05) is 0 Å². The van der Waals surface area contributed by atoms with Crippen LogP contribution in [0.15, 0.2) is 59.8 Å². The molecule has 2 atom stereocenters. The van der Waals surface area contributed by atoms with Crippen LogP contribution in [0, 0.1) is 6.92 Å². The molecule has 1 aliphatic heterocycles. The summed E-state index contributed by atoms with van der Waals surface area (Å²) in [6.45, 7) is 4.19. The first-order chi connectivity index (χ1) is 13.1. The molecule has 2 unspecified atom stereocenters. The van der Waals surface area contributed by atoms with Crippen LogP contribution in [-0.4, -0.2) is 11.7 Å². The maximum Gasteiger partial charge on any atom is 0.225 e. The first-order valence-electron chi connectivity index (χ1n) is 9.77. The number of nitrogens with one attached hydrogen (secondary N) is 1. The average Bonchev–Trinajstić information content (AvgIpc) is 2.67. The Morgan fingerprint density at radius 1 is 0.963 bits per heavy atom. The molecule has 1 amide bonds. The van der Waals surface area contributed by atoms with E-state index in [1.165, 1.54) is 11.1 Å². The number of amides is 1. The predicted molar refractivity (Wildman–Crippen MR) is 107 cm³/mol. The number of ketones is 1. The van der Waals surface area contributed by atoms with E-state index >= 15 is 0 Å². The third kappa shape index (κ3) is 3.34. The van der Waals surface area contributed by atoms with Crippen LogP contribution < -0.4 is 5.32 Å². The fourth-order valence-electron chi connectivity index (χ4n) is 4.46. The second kappa shape index (κ2) is 7.15. The van der Waals surface area contributed by atoms with Crippen molar-refractivity contribution in [3.63, 3.8) is 0 Å². The molecule has 27 heavy (non-hydrogen) atoms. The van der Waals surface area contributed by atoms with Crippen LogP contribution in [0.25, 0.3) is 0 Å². The minimum absolute atomic E-state index is 0.0109. The van der Waals surface area contributed by atoms with Crippen LogP contribution in [0.5, 0.6) is 0 Å². The molecule has 2 aliphatic rings. The molecule has 0 spiro atoms. The third-order valence-electron chi connectivity index (χ3n) is 5.96. The zero-order chi connectivity index (χ0) is 19.0. The summed E-state index contributed by atoms with van der Waals surface area (Å²) in [6, 6.07) is 16.6. The van der Waals surface area contributed by atoms with E-state index in [-0.39, 0.29) is 23.5 Å². The molecule has 3 nitrogen and oxygen atoms in total. The summed E-state index contributed by atoms with van der Waals surface area (Å²) in [6.07, 6.45) is 2.60. The van der Waals surface area contributed by atoms with Crippen LogP contribution >= 0.6 is 0 Å². The van der Waals surface area contributed by atoms with Gasteiger partial charge >= 0.3 is 0 Å². The van der Waals surface area contributed by atoms with Crippen molar-refractivity contribution in [1.82, 2.24) is 5.32 Å². The van der Waals surface area contributed by atoms with Gasteiger partial charge in [0, 0.05) is 30.0 Å². The Morgan fingerprint density at radius 2 is 1.70 bits per heavy atom. The van der Waals surface area contributed by atoms with Gasteiger partial charge < -0.3 is 5.32 Å². The van der Waals surface area contributed by atoms with Crippen LogP contribution in [0.1, 0.15) is 60.3 Å². The Hall–Kier alpha value is -2.68. The van der Waals surface area contributed by atoms with Gasteiger partial charge in [-0.25, -0.2) is 0 Å². The van der Waals surface area contributed by atoms with E-state index in [9.17, 15) is 9.59 Å². The standard InChI is InChI=1S/C24H25NO2/c1-3-16-8-10-17(11-9-16)18-12-21-24(22(26)13-18)20(14-23(27)25-21)19-7-5-4-6-15(19)2/h4-11,18,20H,3,12-14H2,1-2H3,(H,25,27). The molecule has 0 bridgehead atoms. The molecule has 0 aromatic heterocycles. The van der Waals surface area contributed by atoms with Crippen LogP contribution in [0.2, 0.25) is 0 Å². The summed E-state index contributed by atoms with van der Waals surface area (Å²) in [5.41, 5.74) is 6.37. The second-order valence-electron chi connectivity index (χ2n) is 7.68. The molecule has 138 valence electrons. The van der Waals surface area contributed by atoms with E-state index in [0.717, 1.165) is 35.2 Å². The largest absolute Gasteiger partial charge is 0.329 e. The average molecular weight is 359 g/mol. The number of Topliss-reactive ketones (excluding diaryl/α,β-unsaturated/α-hetero) is 1. The fourth-order valence-corrected chi connectivity index (χ4v) is 4.46. The highest BCUT2D eigenvalue weighted by Gasteiger charge is 2.38. The molecule has 2 aromatic carbocycles. The van der Waals surface area contributed by atoms with E-state index < -0.39 is 0 Å². The molecule has 1 N–H and O–H groups in total. The lowest BCUT2D eigenvalue weighted by atomic mass is 9.73. The molecule has 4 rings (SSSR count). The van der Waals surface area contributed by atoms with Gasteiger partial charge in [-0.05, 0) is 47.9 Å². The fraction of sp³-hybridized carbons (Fsp3) is 0.333. The van der Waals surface area contributed by atoms with Crippen LogP contribution in [0.4, 0.5) is 0 Å². The zero-order valence-electron chi connectivity index (χ0n) is 15.9. The van der Waals surface area contributed by atoms with Crippen LogP contribution in [-0.2, 0) is 16.0 Å². The highest BCUT2D eigenvalue weighted by molar-refractivity contribution is 6.02. The monoisotopic (exact) mass is 359 g/mol. The number of hydrogen-bond acceptors (Lipinski definition) is 2. The summed E-state index contributed by atoms with van der Waals surface area (Å²) in [7, 11) is 0. The smallest absolute Gasteiger partial charge is 0.225 e. The lowest BCUT2D eigenvalue weighted by Crippen LogP contribution is -2.38. The Balaban J connectivity index is 1.70. The van der Waals surface area contributed by atoms with Crippen molar-refractivity contribution in [2.24, 2.45) is 0 Å². The Kier molecular flexibility index (Phi) is 4.69. The number of rotatable bonds is 3. The highest BCUT2D eigenvalue weighted by atomic mass is 16.2. The summed E-state index contributed by atoms with van der Waals surface area (Å²) < 4.78 is 0.